The summed E-state index contributed by atoms with van der Waals surface area (Å²) in [6.45, 7) is 7.17. The van der Waals surface area contributed by atoms with E-state index in [4.69, 9.17) is 11.6 Å². The topological polar surface area (TPSA) is 61.4 Å². The fraction of sp³-hybridized carbons (Fsp3) is 0.556. The van der Waals surface area contributed by atoms with Crippen LogP contribution in [0.4, 0.5) is 0 Å². The van der Waals surface area contributed by atoms with Crippen LogP contribution in [-0.2, 0) is 4.79 Å². The molecule has 7 heteroatoms. The van der Waals surface area contributed by atoms with Gasteiger partial charge in [0.15, 0.2) is 0 Å². The predicted octanol–water partition coefficient (Wildman–Crippen LogP) is 2.73. The fourth-order valence-corrected chi connectivity index (χ4v) is 2.90. The van der Waals surface area contributed by atoms with Crippen molar-refractivity contribution in [3.8, 4) is 0 Å². The van der Waals surface area contributed by atoms with E-state index in [1.807, 2.05) is 18.7 Å². The van der Waals surface area contributed by atoms with Crippen molar-refractivity contribution in [2.45, 2.75) is 32.7 Å². The lowest BCUT2D eigenvalue weighted by molar-refractivity contribution is -0.134. The molecule has 140 valence electrons. The summed E-state index contributed by atoms with van der Waals surface area (Å²) in [5, 5.41) is 6.80. The van der Waals surface area contributed by atoms with Gasteiger partial charge in [-0.05, 0) is 43.1 Å². The minimum absolute atomic E-state index is 0. The number of hydrogen-bond donors (Lipinski definition) is 2. The van der Waals surface area contributed by atoms with Crippen molar-refractivity contribution in [1.82, 2.24) is 15.5 Å². The highest BCUT2D eigenvalue weighted by molar-refractivity contribution is 6.30. The van der Waals surface area contributed by atoms with Gasteiger partial charge in [-0.25, -0.2) is 0 Å². The van der Waals surface area contributed by atoms with Crippen LogP contribution in [0.25, 0.3) is 0 Å². The zero-order valence-corrected chi connectivity index (χ0v) is 16.3. The van der Waals surface area contributed by atoms with Crippen molar-refractivity contribution in [3.05, 3.63) is 34.9 Å². The lowest BCUT2D eigenvalue weighted by Crippen LogP contribution is -2.52. The summed E-state index contributed by atoms with van der Waals surface area (Å²) in [6.07, 6.45) is 1.76. The maximum absolute atomic E-state index is 12.9. The molecule has 5 nitrogen and oxygen atoms in total. The summed E-state index contributed by atoms with van der Waals surface area (Å²) in [6, 6.07) is 6.20. The molecule has 1 fully saturated rings. The van der Waals surface area contributed by atoms with E-state index < -0.39 is 6.04 Å². The number of halogens is 2. The Morgan fingerprint density at radius 1 is 1.24 bits per heavy atom. The molecule has 2 rings (SSSR count). The van der Waals surface area contributed by atoms with E-state index in [1.165, 1.54) is 0 Å². The molecule has 1 aromatic carbocycles. The molecule has 0 radical (unpaired) electrons. The molecule has 1 aromatic rings. The summed E-state index contributed by atoms with van der Waals surface area (Å²) in [7, 11) is 0. The zero-order valence-electron chi connectivity index (χ0n) is 14.8. The summed E-state index contributed by atoms with van der Waals surface area (Å²) in [5.41, 5.74) is 0.512. The van der Waals surface area contributed by atoms with Crippen molar-refractivity contribution >= 4 is 35.8 Å². The maximum Gasteiger partial charge on any atom is 0.251 e. The van der Waals surface area contributed by atoms with E-state index in [0.29, 0.717) is 17.1 Å². The second kappa shape index (κ2) is 10.6. The highest BCUT2D eigenvalue weighted by Crippen LogP contribution is 2.14. The van der Waals surface area contributed by atoms with Gasteiger partial charge in [-0.3, -0.25) is 9.59 Å². The highest BCUT2D eigenvalue weighted by Gasteiger charge is 2.30. The maximum atomic E-state index is 12.9. The van der Waals surface area contributed by atoms with E-state index in [2.05, 4.69) is 10.6 Å². The van der Waals surface area contributed by atoms with Crippen LogP contribution < -0.4 is 10.6 Å². The molecule has 0 bridgehead atoms. The third kappa shape index (κ3) is 6.17. The summed E-state index contributed by atoms with van der Waals surface area (Å²) < 4.78 is 0. The van der Waals surface area contributed by atoms with Gasteiger partial charge in [0.25, 0.3) is 5.91 Å². The van der Waals surface area contributed by atoms with Crippen LogP contribution in [0.3, 0.4) is 0 Å². The van der Waals surface area contributed by atoms with Gasteiger partial charge in [0, 0.05) is 30.2 Å². The SMILES string of the molecule is CCC(C)C(NC(=O)c1ccc(Cl)cc1)C(=O)N1CCCNCC1.Cl. The van der Waals surface area contributed by atoms with Gasteiger partial charge in [0.2, 0.25) is 5.91 Å². The lowest BCUT2D eigenvalue weighted by atomic mass is 9.97. The standard InChI is InChI=1S/C18H26ClN3O2.ClH/c1-3-13(2)16(18(24)22-11-4-9-20-10-12-22)21-17(23)14-5-7-15(19)8-6-14;/h5-8,13,16,20H,3-4,9-12H2,1-2H3,(H,21,23);1H. The average molecular weight is 388 g/mol. The first kappa shape index (κ1) is 21.7. The molecule has 1 heterocycles. The largest absolute Gasteiger partial charge is 0.340 e. The Hall–Kier alpha value is -1.30. The summed E-state index contributed by atoms with van der Waals surface area (Å²) in [5.74, 6) is -0.154. The number of amides is 2. The first-order valence-corrected chi connectivity index (χ1v) is 8.96. The van der Waals surface area contributed by atoms with Crippen molar-refractivity contribution in [2.75, 3.05) is 26.2 Å². The predicted molar refractivity (Wildman–Crippen MR) is 103 cm³/mol. The quantitative estimate of drug-likeness (QED) is 0.816. The summed E-state index contributed by atoms with van der Waals surface area (Å²) in [4.78, 5) is 27.3. The molecule has 1 aliphatic rings. The fourth-order valence-electron chi connectivity index (χ4n) is 2.77. The Bertz CT molecular complexity index is 558. The average Bonchev–Trinajstić information content (AvgIpc) is 2.88. The smallest absolute Gasteiger partial charge is 0.251 e. The highest BCUT2D eigenvalue weighted by atomic mass is 35.5. The van der Waals surface area contributed by atoms with E-state index >= 15 is 0 Å². The lowest BCUT2D eigenvalue weighted by Gasteiger charge is -2.29. The number of nitrogens with zero attached hydrogens (tertiary/aromatic N) is 1. The van der Waals surface area contributed by atoms with Gasteiger partial charge >= 0.3 is 0 Å². The molecule has 2 N–H and O–H groups in total. The number of rotatable bonds is 5. The van der Waals surface area contributed by atoms with Gasteiger partial charge < -0.3 is 15.5 Å². The Kier molecular flexibility index (Phi) is 9.25. The van der Waals surface area contributed by atoms with Crippen LogP contribution in [0.2, 0.25) is 5.02 Å². The minimum Gasteiger partial charge on any atom is -0.340 e. The van der Waals surface area contributed by atoms with Crippen LogP contribution in [0.15, 0.2) is 24.3 Å². The molecule has 1 aliphatic heterocycles. The normalized spacial score (nSPS) is 17.0. The van der Waals surface area contributed by atoms with Crippen LogP contribution in [0, 0.1) is 5.92 Å². The monoisotopic (exact) mass is 387 g/mol. The number of carbonyl (C=O) groups excluding carboxylic acids is 2. The van der Waals surface area contributed by atoms with E-state index in [9.17, 15) is 9.59 Å². The molecule has 0 saturated carbocycles. The van der Waals surface area contributed by atoms with Crippen LogP contribution in [0.5, 0.6) is 0 Å². The number of benzene rings is 1. The molecule has 0 aromatic heterocycles. The Morgan fingerprint density at radius 3 is 2.56 bits per heavy atom. The molecule has 2 atom stereocenters. The Balaban J connectivity index is 0.00000312. The molecule has 2 unspecified atom stereocenters. The van der Waals surface area contributed by atoms with Crippen LogP contribution >= 0.6 is 24.0 Å². The molecular formula is C18H27Cl2N3O2. The third-order valence-electron chi connectivity index (χ3n) is 4.52. The molecule has 25 heavy (non-hydrogen) atoms. The third-order valence-corrected chi connectivity index (χ3v) is 4.78. The molecule has 0 spiro atoms. The second-order valence-electron chi connectivity index (χ2n) is 6.27. The van der Waals surface area contributed by atoms with Crippen LogP contribution in [0.1, 0.15) is 37.0 Å². The van der Waals surface area contributed by atoms with Crippen LogP contribution in [-0.4, -0.2) is 48.9 Å². The molecule has 0 aliphatic carbocycles. The second-order valence-corrected chi connectivity index (χ2v) is 6.71. The summed E-state index contributed by atoms with van der Waals surface area (Å²) >= 11 is 5.86. The first-order valence-electron chi connectivity index (χ1n) is 8.59. The van der Waals surface area contributed by atoms with Crippen molar-refractivity contribution in [1.29, 1.82) is 0 Å². The minimum atomic E-state index is -0.503. The van der Waals surface area contributed by atoms with Crippen molar-refractivity contribution < 1.29 is 9.59 Å². The van der Waals surface area contributed by atoms with Gasteiger partial charge in [-0.2, -0.15) is 0 Å². The van der Waals surface area contributed by atoms with Gasteiger partial charge in [-0.1, -0.05) is 31.9 Å². The molecule has 2 amide bonds. The molecule has 1 saturated heterocycles. The number of carbonyl (C=O) groups is 2. The van der Waals surface area contributed by atoms with E-state index in [0.717, 1.165) is 32.5 Å². The number of hydrogen-bond acceptors (Lipinski definition) is 3. The van der Waals surface area contributed by atoms with E-state index in [1.54, 1.807) is 24.3 Å². The zero-order chi connectivity index (χ0) is 17.5. The van der Waals surface area contributed by atoms with E-state index in [-0.39, 0.29) is 30.1 Å². The molecular weight excluding hydrogens is 361 g/mol. The van der Waals surface area contributed by atoms with Gasteiger partial charge in [-0.15, -0.1) is 12.4 Å². The van der Waals surface area contributed by atoms with Gasteiger partial charge in [0.1, 0.15) is 6.04 Å². The Morgan fingerprint density at radius 2 is 1.92 bits per heavy atom. The number of nitrogens with one attached hydrogen (secondary N) is 2. The van der Waals surface area contributed by atoms with Crippen molar-refractivity contribution in [2.24, 2.45) is 5.92 Å². The Labute approximate surface area is 160 Å². The first-order chi connectivity index (χ1) is 11.5. The van der Waals surface area contributed by atoms with Gasteiger partial charge in [0.05, 0.1) is 0 Å². The van der Waals surface area contributed by atoms with Crippen molar-refractivity contribution in [3.63, 3.8) is 0 Å².